The van der Waals surface area contributed by atoms with Crippen molar-refractivity contribution in [3.63, 3.8) is 0 Å². The summed E-state index contributed by atoms with van der Waals surface area (Å²) in [5.74, 6) is 2.14. The fourth-order valence-corrected chi connectivity index (χ4v) is 6.23. The van der Waals surface area contributed by atoms with Crippen molar-refractivity contribution in [2.75, 3.05) is 24.7 Å². The Hall–Kier alpha value is 0.480. The molecule has 5 aliphatic rings. The molecule has 4 saturated heterocycles. The Bertz CT molecular complexity index is 441. The molecule has 124 valence electrons. The smallest absolute Gasteiger partial charge is 0.152 e. The van der Waals surface area contributed by atoms with Crippen LogP contribution in [0.2, 0.25) is 0 Å². The molecule has 1 saturated carbocycles. The highest BCUT2D eigenvalue weighted by molar-refractivity contribution is 7.99. The van der Waals surface area contributed by atoms with E-state index in [0.717, 1.165) is 43.8 Å². The molecule has 5 rings (SSSR count). The summed E-state index contributed by atoms with van der Waals surface area (Å²) in [7, 11) is 0. The molecule has 4 aliphatic heterocycles. The van der Waals surface area contributed by atoms with Crippen molar-refractivity contribution in [1.82, 2.24) is 0 Å². The Morgan fingerprint density at radius 3 is 2.45 bits per heavy atom. The maximum atomic E-state index is 7.15. The first-order chi connectivity index (χ1) is 10.7. The van der Waals surface area contributed by atoms with Crippen molar-refractivity contribution in [3.05, 3.63) is 0 Å². The van der Waals surface area contributed by atoms with Crippen molar-refractivity contribution in [2.24, 2.45) is 5.41 Å². The van der Waals surface area contributed by atoms with Gasteiger partial charge in [-0.2, -0.15) is 11.8 Å². The first kappa shape index (κ1) is 14.8. The average molecular weight is 347 g/mol. The van der Waals surface area contributed by atoms with Gasteiger partial charge in [-0.05, 0) is 25.7 Å². The minimum atomic E-state index is -0.624. The first-order valence-electron chi connectivity index (χ1n) is 8.56. The van der Waals surface area contributed by atoms with E-state index in [1.54, 1.807) is 0 Å². The van der Waals surface area contributed by atoms with Crippen LogP contribution in [0.1, 0.15) is 32.1 Å². The Kier molecular flexibility index (Phi) is 3.52. The summed E-state index contributed by atoms with van der Waals surface area (Å²) in [5, 5.41) is -0.624. The Labute approximate surface area is 140 Å². The van der Waals surface area contributed by atoms with Crippen LogP contribution in [0.15, 0.2) is 0 Å². The van der Waals surface area contributed by atoms with Gasteiger partial charge in [0.05, 0.1) is 49.1 Å². The number of rotatable bonds is 4. The molecule has 22 heavy (non-hydrogen) atoms. The van der Waals surface area contributed by atoms with Gasteiger partial charge in [-0.15, -0.1) is 0 Å². The summed E-state index contributed by atoms with van der Waals surface area (Å²) in [6.07, 6.45) is 6.81. The predicted molar refractivity (Wildman–Crippen MR) is 84.4 cm³/mol. The third-order valence-electron chi connectivity index (χ3n) is 5.95. The normalized spacial score (nSPS) is 55.8. The summed E-state index contributed by atoms with van der Waals surface area (Å²) in [5.41, 5.74) is -0.145. The van der Waals surface area contributed by atoms with Gasteiger partial charge in [0.15, 0.2) is 5.06 Å². The fourth-order valence-electron chi connectivity index (χ4n) is 4.60. The van der Waals surface area contributed by atoms with Crippen molar-refractivity contribution in [1.29, 1.82) is 0 Å². The number of epoxide rings is 3. The Morgan fingerprint density at radius 2 is 1.77 bits per heavy atom. The lowest BCUT2D eigenvalue weighted by Crippen LogP contribution is -2.57. The van der Waals surface area contributed by atoms with E-state index >= 15 is 0 Å². The van der Waals surface area contributed by atoms with Gasteiger partial charge in [-0.1, -0.05) is 18.0 Å². The molecule has 0 aromatic carbocycles. The second-order valence-electron chi connectivity index (χ2n) is 7.30. The Morgan fingerprint density at radius 1 is 1.09 bits per heavy atom. The maximum absolute atomic E-state index is 7.15. The van der Waals surface area contributed by atoms with Gasteiger partial charge in [0.2, 0.25) is 0 Å². The van der Waals surface area contributed by atoms with E-state index in [1.807, 2.05) is 11.8 Å². The average Bonchev–Trinajstić information content (AvgIpc) is 3.33. The van der Waals surface area contributed by atoms with Crippen LogP contribution in [0.4, 0.5) is 0 Å². The highest BCUT2D eigenvalue weighted by atomic mass is 35.5. The molecule has 6 atom stereocenters. The van der Waals surface area contributed by atoms with E-state index < -0.39 is 5.06 Å². The topological polar surface area (TPSA) is 46.8 Å². The second kappa shape index (κ2) is 5.24. The largest absolute Gasteiger partial charge is 0.373 e. The van der Waals surface area contributed by atoms with Crippen LogP contribution < -0.4 is 0 Å². The van der Waals surface area contributed by atoms with Crippen LogP contribution in [0.5, 0.6) is 0 Å². The minimum absolute atomic E-state index is 0.145. The third kappa shape index (κ3) is 2.27. The number of hydrogen-bond donors (Lipinski definition) is 0. The van der Waals surface area contributed by atoms with Gasteiger partial charge < -0.3 is 18.9 Å². The van der Waals surface area contributed by atoms with E-state index in [-0.39, 0.29) is 17.6 Å². The molecule has 4 nitrogen and oxygen atoms in total. The molecule has 0 bridgehead atoms. The first-order valence-corrected chi connectivity index (χ1v) is 10.1. The molecule has 0 amide bonds. The maximum Gasteiger partial charge on any atom is 0.152 e. The van der Waals surface area contributed by atoms with Crippen LogP contribution in [0.3, 0.4) is 0 Å². The van der Waals surface area contributed by atoms with Gasteiger partial charge in [0, 0.05) is 11.5 Å². The molecule has 6 unspecified atom stereocenters. The summed E-state index contributed by atoms with van der Waals surface area (Å²) in [6, 6.07) is 0. The number of hydrogen-bond acceptors (Lipinski definition) is 5. The van der Waals surface area contributed by atoms with Crippen LogP contribution in [0, 0.1) is 5.41 Å². The van der Waals surface area contributed by atoms with Gasteiger partial charge in [0.1, 0.15) is 0 Å². The lowest BCUT2D eigenvalue weighted by molar-refractivity contribution is -0.124. The molecule has 0 N–H and O–H groups in total. The highest BCUT2D eigenvalue weighted by Gasteiger charge is 2.74. The molecule has 4 heterocycles. The van der Waals surface area contributed by atoms with Gasteiger partial charge in [0.25, 0.3) is 0 Å². The van der Waals surface area contributed by atoms with Crippen LogP contribution >= 0.6 is 23.4 Å². The standard InChI is InChI=1S/C16H23ClO4S/c17-16(19-6-3-10-7-18-10)5-2-1-4-15(16)13-11(20-13)8-22-9-12-14(15)21-12/h10-14H,1-9H2. The highest BCUT2D eigenvalue weighted by Crippen LogP contribution is 2.65. The fraction of sp³-hybridized carbons (Fsp3) is 1.00. The summed E-state index contributed by atoms with van der Waals surface area (Å²) in [6.45, 7) is 1.56. The number of fused-ring (bicyclic) bond motifs is 4. The third-order valence-corrected chi connectivity index (χ3v) is 7.73. The van der Waals surface area contributed by atoms with E-state index in [1.165, 1.54) is 6.42 Å². The van der Waals surface area contributed by atoms with E-state index in [0.29, 0.717) is 24.9 Å². The van der Waals surface area contributed by atoms with Crippen molar-refractivity contribution in [3.8, 4) is 0 Å². The molecule has 6 heteroatoms. The second-order valence-corrected chi connectivity index (χ2v) is 8.98. The Balaban J connectivity index is 1.40. The molecule has 1 spiro atoms. The quantitative estimate of drug-likeness (QED) is 0.578. The van der Waals surface area contributed by atoms with Crippen LogP contribution in [-0.4, -0.2) is 60.3 Å². The zero-order valence-electron chi connectivity index (χ0n) is 12.7. The molecule has 0 aromatic heterocycles. The zero-order chi connectivity index (χ0) is 14.8. The van der Waals surface area contributed by atoms with Gasteiger partial charge in [-0.25, -0.2) is 0 Å². The van der Waals surface area contributed by atoms with Crippen molar-refractivity contribution >= 4 is 23.4 Å². The number of alkyl halides is 1. The number of halogens is 1. The lowest BCUT2D eigenvalue weighted by Gasteiger charge is -2.49. The van der Waals surface area contributed by atoms with E-state index in [2.05, 4.69) is 0 Å². The monoisotopic (exact) mass is 346 g/mol. The molecular formula is C16H23ClO4S. The number of ether oxygens (including phenoxy) is 4. The molecular weight excluding hydrogens is 324 g/mol. The summed E-state index contributed by atoms with van der Waals surface area (Å²) < 4.78 is 23.8. The van der Waals surface area contributed by atoms with E-state index in [4.69, 9.17) is 30.5 Å². The van der Waals surface area contributed by atoms with Crippen molar-refractivity contribution < 1.29 is 18.9 Å². The molecule has 0 aromatic rings. The molecule has 0 radical (unpaired) electrons. The molecule has 5 fully saturated rings. The van der Waals surface area contributed by atoms with E-state index in [9.17, 15) is 0 Å². The number of thioether (sulfide) groups is 1. The zero-order valence-corrected chi connectivity index (χ0v) is 14.2. The summed E-state index contributed by atoms with van der Waals surface area (Å²) >= 11 is 9.11. The summed E-state index contributed by atoms with van der Waals surface area (Å²) in [4.78, 5) is 0. The van der Waals surface area contributed by atoms with Crippen LogP contribution in [0.25, 0.3) is 0 Å². The lowest BCUT2D eigenvalue weighted by atomic mass is 9.65. The van der Waals surface area contributed by atoms with Gasteiger partial charge in [-0.3, -0.25) is 0 Å². The molecule has 1 aliphatic carbocycles. The minimum Gasteiger partial charge on any atom is -0.373 e. The van der Waals surface area contributed by atoms with Gasteiger partial charge >= 0.3 is 0 Å². The predicted octanol–water partition coefficient (Wildman–Crippen LogP) is 2.57. The van der Waals surface area contributed by atoms with Crippen molar-refractivity contribution in [2.45, 2.75) is 67.7 Å². The SMILES string of the molecule is ClC1(OCCC2CO2)CCCCC12C1OC1CSCC1OC12. The van der Waals surface area contributed by atoms with Crippen LogP contribution in [-0.2, 0) is 18.9 Å².